The smallest absolute Gasteiger partial charge is 0.390 e. The number of aliphatic hydroxyl groups is 1. The number of likely N-dealkylation sites (N-methyl/N-ethyl adjacent to an activating group) is 1. The summed E-state index contributed by atoms with van der Waals surface area (Å²) in [4.78, 5) is 1.05. The van der Waals surface area contributed by atoms with E-state index in [1.165, 1.54) is 7.05 Å². The Balaban J connectivity index is 2.39. The Bertz CT molecular complexity index is 442. The summed E-state index contributed by atoms with van der Waals surface area (Å²) in [6.07, 6.45) is -5.14. The van der Waals surface area contributed by atoms with Crippen molar-refractivity contribution in [2.75, 3.05) is 26.7 Å². The first-order chi connectivity index (χ1) is 9.69. The molecule has 1 aromatic carbocycles. The van der Waals surface area contributed by atoms with Gasteiger partial charge in [-0.05, 0) is 25.6 Å². The Hall–Kier alpha value is -0.820. The molecule has 0 aliphatic heterocycles. The molecule has 0 radical (unpaired) electrons. The van der Waals surface area contributed by atoms with Crippen LogP contribution in [0, 0.1) is 0 Å². The maximum Gasteiger partial charge on any atom is 0.401 e. The standard InChI is InChI=1S/C14H20ClF3N2O/c1-10(12-5-3-4-6-13(12)15)19-7-11(21)8-20(2)9-14(16,17)18/h3-6,10-11,19,21H,7-9H2,1-2H3/t10-,11?/m1/s1. The summed E-state index contributed by atoms with van der Waals surface area (Å²) in [5.74, 6) is 0. The molecule has 120 valence electrons. The topological polar surface area (TPSA) is 35.5 Å². The molecule has 21 heavy (non-hydrogen) atoms. The number of nitrogens with one attached hydrogen (secondary N) is 1. The van der Waals surface area contributed by atoms with Crippen LogP contribution in [0.15, 0.2) is 24.3 Å². The van der Waals surface area contributed by atoms with E-state index in [4.69, 9.17) is 11.6 Å². The molecule has 0 fully saturated rings. The molecule has 0 heterocycles. The van der Waals surface area contributed by atoms with Crippen molar-refractivity contribution in [3.8, 4) is 0 Å². The minimum Gasteiger partial charge on any atom is -0.390 e. The van der Waals surface area contributed by atoms with Crippen LogP contribution in [-0.2, 0) is 0 Å². The average molecular weight is 325 g/mol. The molecule has 0 bridgehead atoms. The van der Waals surface area contributed by atoms with Gasteiger partial charge >= 0.3 is 6.18 Å². The van der Waals surface area contributed by atoms with Gasteiger partial charge in [0.15, 0.2) is 0 Å². The zero-order chi connectivity index (χ0) is 16.0. The van der Waals surface area contributed by atoms with E-state index >= 15 is 0 Å². The summed E-state index contributed by atoms with van der Waals surface area (Å²) in [7, 11) is 1.33. The minimum atomic E-state index is -4.26. The molecule has 0 saturated heterocycles. The fourth-order valence-electron chi connectivity index (χ4n) is 2.04. The number of benzene rings is 1. The molecule has 2 atom stereocenters. The van der Waals surface area contributed by atoms with Gasteiger partial charge in [-0.2, -0.15) is 13.2 Å². The van der Waals surface area contributed by atoms with Crippen LogP contribution < -0.4 is 5.32 Å². The first kappa shape index (κ1) is 18.2. The highest BCUT2D eigenvalue weighted by molar-refractivity contribution is 6.31. The van der Waals surface area contributed by atoms with Crippen molar-refractivity contribution >= 4 is 11.6 Å². The van der Waals surface area contributed by atoms with Crippen LogP contribution in [0.3, 0.4) is 0 Å². The molecule has 1 rings (SSSR count). The van der Waals surface area contributed by atoms with E-state index < -0.39 is 18.8 Å². The van der Waals surface area contributed by atoms with Crippen molar-refractivity contribution in [1.82, 2.24) is 10.2 Å². The number of hydrogen-bond donors (Lipinski definition) is 2. The van der Waals surface area contributed by atoms with Gasteiger partial charge < -0.3 is 10.4 Å². The van der Waals surface area contributed by atoms with Gasteiger partial charge in [-0.15, -0.1) is 0 Å². The van der Waals surface area contributed by atoms with E-state index in [2.05, 4.69) is 5.32 Å². The number of alkyl halides is 3. The molecule has 1 aromatic rings. The van der Waals surface area contributed by atoms with Gasteiger partial charge in [-0.1, -0.05) is 29.8 Å². The Morgan fingerprint density at radius 2 is 1.95 bits per heavy atom. The SMILES string of the molecule is C[C@@H](NCC(O)CN(C)CC(F)(F)F)c1ccccc1Cl. The quantitative estimate of drug-likeness (QED) is 0.809. The number of hydrogen-bond acceptors (Lipinski definition) is 3. The predicted molar refractivity (Wildman–Crippen MR) is 77.4 cm³/mol. The van der Waals surface area contributed by atoms with E-state index in [-0.39, 0.29) is 19.1 Å². The van der Waals surface area contributed by atoms with Crippen LogP contribution in [0.2, 0.25) is 5.02 Å². The fourth-order valence-corrected chi connectivity index (χ4v) is 2.34. The molecule has 3 nitrogen and oxygen atoms in total. The van der Waals surface area contributed by atoms with Crippen LogP contribution in [0.1, 0.15) is 18.5 Å². The first-order valence-corrected chi connectivity index (χ1v) is 6.98. The van der Waals surface area contributed by atoms with Gasteiger partial charge in [-0.25, -0.2) is 0 Å². The summed E-state index contributed by atoms with van der Waals surface area (Å²) in [6, 6.07) is 7.21. The molecule has 0 aromatic heterocycles. The van der Waals surface area contributed by atoms with E-state index in [0.29, 0.717) is 5.02 Å². The van der Waals surface area contributed by atoms with Gasteiger partial charge in [0.25, 0.3) is 0 Å². The summed E-state index contributed by atoms with van der Waals surface area (Å²) >= 11 is 6.06. The van der Waals surface area contributed by atoms with Gasteiger partial charge in [-0.3, -0.25) is 4.90 Å². The van der Waals surface area contributed by atoms with Gasteiger partial charge in [0, 0.05) is 24.2 Å². The molecule has 2 N–H and O–H groups in total. The lowest BCUT2D eigenvalue weighted by atomic mass is 10.1. The number of halogens is 4. The second-order valence-electron chi connectivity index (χ2n) is 5.12. The third kappa shape index (κ3) is 7.13. The maximum absolute atomic E-state index is 12.2. The van der Waals surface area contributed by atoms with Crippen molar-refractivity contribution in [2.45, 2.75) is 25.2 Å². The maximum atomic E-state index is 12.2. The average Bonchev–Trinajstić information content (AvgIpc) is 2.34. The monoisotopic (exact) mass is 324 g/mol. The van der Waals surface area contributed by atoms with E-state index in [0.717, 1.165) is 10.5 Å². The van der Waals surface area contributed by atoms with Crippen LogP contribution in [0.5, 0.6) is 0 Å². The highest BCUT2D eigenvalue weighted by Gasteiger charge is 2.29. The largest absolute Gasteiger partial charge is 0.401 e. The number of aliphatic hydroxyl groups excluding tert-OH is 1. The van der Waals surface area contributed by atoms with Crippen LogP contribution in [0.25, 0.3) is 0 Å². The van der Waals surface area contributed by atoms with Crippen molar-refractivity contribution < 1.29 is 18.3 Å². The molecule has 1 unspecified atom stereocenters. The van der Waals surface area contributed by atoms with Crippen LogP contribution in [0.4, 0.5) is 13.2 Å². The second-order valence-corrected chi connectivity index (χ2v) is 5.52. The van der Waals surface area contributed by atoms with Gasteiger partial charge in [0.05, 0.1) is 12.6 Å². The van der Waals surface area contributed by atoms with Crippen LogP contribution in [-0.4, -0.2) is 49.0 Å². The lowest BCUT2D eigenvalue weighted by molar-refractivity contribution is -0.145. The molecule has 7 heteroatoms. The first-order valence-electron chi connectivity index (χ1n) is 6.60. The highest BCUT2D eigenvalue weighted by atomic mass is 35.5. The lowest BCUT2D eigenvalue weighted by Gasteiger charge is -2.23. The summed E-state index contributed by atoms with van der Waals surface area (Å²) < 4.78 is 36.5. The molecule has 0 aliphatic carbocycles. The molecule has 0 spiro atoms. The van der Waals surface area contributed by atoms with Crippen molar-refractivity contribution in [3.05, 3.63) is 34.9 Å². The summed E-state index contributed by atoms with van der Waals surface area (Å²) in [6.45, 7) is 0.980. The van der Waals surface area contributed by atoms with E-state index in [9.17, 15) is 18.3 Å². The van der Waals surface area contributed by atoms with Crippen molar-refractivity contribution in [2.24, 2.45) is 0 Å². The summed E-state index contributed by atoms with van der Waals surface area (Å²) in [5, 5.41) is 13.5. The predicted octanol–water partition coefficient (Wildman–Crippen LogP) is 2.85. The zero-order valence-electron chi connectivity index (χ0n) is 12.0. The second kappa shape index (κ2) is 7.98. The Labute approximate surface area is 127 Å². The Kier molecular flexibility index (Phi) is 6.93. The normalized spacial score (nSPS) is 15.2. The van der Waals surface area contributed by atoms with Crippen molar-refractivity contribution in [3.63, 3.8) is 0 Å². The van der Waals surface area contributed by atoms with Gasteiger partial charge in [0.1, 0.15) is 0 Å². The number of nitrogens with zero attached hydrogens (tertiary/aromatic N) is 1. The molecule has 0 aliphatic rings. The Morgan fingerprint density at radius 3 is 2.52 bits per heavy atom. The third-order valence-corrected chi connectivity index (χ3v) is 3.35. The lowest BCUT2D eigenvalue weighted by Crippen LogP contribution is -2.40. The van der Waals surface area contributed by atoms with E-state index in [1.807, 2.05) is 25.1 Å². The highest BCUT2D eigenvalue weighted by Crippen LogP contribution is 2.22. The van der Waals surface area contributed by atoms with Crippen molar-refractivity contribution in [1.29, 1.82) is 0 Å². The Morgan fingerprint density at radius 1 is 1.33 bits per heavy atom. The molecular weight excluding hydrogens is 305 g/mol. The van der Waals surface area contributed by atoms with Gasteiger partial charge in [0.2, 0.25) is 0 Å². The molecule has 0 amide bonds. The molecular formula is C14H20ClF3N2O. The van der Waals surface area contributed by atoms with E-state index in [1.54, 1.807) is 6.07 Å². The fraction of sp³-hybridized carbons (Fsp3) is 0.571. The molecule has 0 saturated carbocycles. The summed E-state index contributed by atoms with van der Waals surface area (Å²) in [5.41, 5.74) is 0.884. The minimum absolute atomic E-state index is 0.0538. The number of rotatable bonds is 7. The third-order valence-electron chi connectivity index (χ3n) is 3.00. The van der Waals surface area contributed by atoms with Crippen LogP contribution >= 0.6 is 11.6 Å². The zero-order valence-corrected chi connectivity index (χ0v) is 12.7.